The van der Waals surface area contributed by atoms with Crippen LogP contribution in [-0.2, 0) is 12.8 Å². The van der Waals surface area contributed by atoms with Crippen molar-refractivity contribution in [3.05, 3.63) is 58.1 Å². The minimum absolute atomic E-state index is 0.659. The summed E-state index contributed by atoms with van der Waals surface area (Å²) in [7, 11) is 2.10. The highest BCUT2D eigenvalue weighted by Crippen LogP contribution is 2.29. The molecule has 0 aliphatic heterocycles. The number of halogens is 1. The van der Waals surface area contributed by atoms with Gasteiger partial charge >= 0.3 is 0 Å². The zero-order valence-electron chi connectivity index (χ0n) is 12.1. The first-order chi connectivity index (χ1) is 9.65. The van der Waals surface area contributed by atoms with Gasteiger partial charge in [-0.3, -0.25) is 0 Å². The summed E-state index contributed by atoms with van der Waals surface area (Å²) in [5.74, 6) is 0. The maximum absolute atomic E-state index is 5.72. The lowest BCUT2D eigenvalue weighted by atomic mass is 10.1. The van der Waals surface area contributed by atoms with Crippen LogP contribution in [0.3, 0.4) is 0 Å². The molecule has 0 atom stereocenters. The fourth-order valence-electron chi connectivity index (χ4n) is 2.33. The lowest BCUT2D eigenvalue weighted by Crippen LogP contribution is -2.13. The van der Waals surface area contributed by atoms with Crippen molar-refractivity contribution >= 4 is 27.3 Å². The van der Waals surface area contributed by atoms with Crippen molar-refractivity contribution in [2.45, 2.75) is 19.8 Å². The SMILES string of the molecule is CCc1ccc(N(C)c2ccc(Br)cc2CCN)cc1. The van der Waals surface area contributed by atoms with E-state index in [1.165, 1.54) is 22.5 Å². The number of rotatable bonds is 5. The van der Waals surface area contributed by atoms with Crippen LogP contribution in [0.2, 0.25) is 0 Å². The van der Waals surface area contributed by atoms with Gasteiger partial charge in [-0.1, -0.05) is 35.0 Å². The van der Waals surface area contributed by atoms with E-state index in [2.05, 4.69) is 77.3 Å². The molecule has 0 spiro atoms. The standard InChI is InChI=1S/C17H21BrN2/c1-3-13-4-7-16(8-5-13)20(2)17-9-6-15(18)12-14(17)10-11-19/h4-9,12H,3,10-11,19H2,1-2H3. The van der Waals surface area contributed by atoms with Crippen LogP contribution in [-0.4, -0.2) is 13.6 Å². The summed E-state index contributed by atoms with van der Waals surface area (Å²) in [5.41, 5.74) is 10.8. The molecular formula is C17H21BrN2. The largest absolute Gasteiger partial charge is 0.344 e. The lowest BCUT2D eigenvalue weighted by Gasteiger charge is -2.23. The highest BCUT2D eigenvalue weighted by atomic mass is 79.9. The van der Waals surface area contributed by atoms with E-state index in [0.29, 0.717) is 6.54 Å². The predicted octanol–water partition coefficient (Wildman–Crippen LogP) is 4.28. The van der Waals surface area contributed by atoms with Gasteiger partial charge in [0.15, 0.2) is 0 Å². The molecule has 2 rings (SSSR count). The minimum Gasteiger partial charge on any atom is -0.344 e. The average Bonchev–Trinajstić information content (AvgIpc) is 2.47. The van der Waals surface area contributed by atoms with Crippen molar-refractivity contribution in [3.63, 3.8) is 0 Å². The Morgan fingerprint density at radius 1 is 1.10 bits per heavy atom. The Morgan fingerprint density at radius 3 is 2.40 bits per heavy atom. The van der Waals surface area contributed by atoms with Gasteiger partial charge < -0.3 is 10.6 Å². The number of hydrogen-bond donors (Lipinski definition) is 1. The van der Waals surface area contributed by atoms with E-state index in [9.17, 15) is 0 Å². The second kappa shape index (κ2) is 6.91. The molecule has 2 N–H and O–H groups in total. The number of aryl methyl sites for hydroxylation is 1. The summed E-state index contributed by atoms with van der Waals surface area (Å²) in [4.78, 5) is 2.22. The average molecular weight is 333 g/mol. The van der Waals surface area contributed by atoms with Gasteiger partial charge in [0.05, 0.1) is 0 Å². The van der Waals surface area contributed by atoms with E-state index in [1.807, 2.05) is 0 Å². The Morgan fingerprint density at radius 2 is 1.80 bits per heavy atom. The third-order valence-electron chi connectivity index (χ3n) is 3.55. The maximum Gasteiger partial charge on any atom is 0.0441 e. The van der Waals surface area contributed by atoms with Crippen LogP contribution in [0.15, 0.2) is 46.9 Å². The van der Waals surface area contributed by atoms with E-state index in [1.54, 1.807) is 0 Å². The molecule has 0 aliphatic carbocycles. The quantitative estimate of drug-likeness (QED) is 0.885. The van der Waals surface area contributed by atoms with Crippen molar-refractivity contribution in [1.29, 1.82) is 0 Å². The zero-order valence-corrected chi connectivity index (χ0v) is 13.7. The zero-order chi connectivity index (χ0) is 14.5. The molecule has 0 fully saturated rings. The van der Waals surface area contributed by atoms with Crippen molar-refractivity contribution in [2.24, 2.45) is 5.73 Å². The molecule has 0 heterocycles. The topological polar surface area (TPSA) is 29.3 Å². The fourth-order valence-corrected chi connectivity index (χ4v) is 2.74. The molecule has 3 heteroatoms. The molecule has 0 saturated carbocycles. The summed E-state index contributed by atoms with van der Waals surface area (Å²) < 4.78 is 1.10. The van der Waals surface area contributed by atoms with E-state index >= 15 is 0 Å². The Labute approximate surface area is 129 Å². The predicted molar refractivity (Wildman–Crippen MR) is 90.8 cm³/mol. The van der Waals surface area contributed by atoms with Gasteiger partial charge in [-0.25, -0.2) is 0 Å². The fraction of sp³-hybridized carbons (Fsp3) is 0.294. The van der Waals surface area contributed by atoms with Crippen molar-refractivity contribution in [2.75, 3.05) is 18.5 Å². The van der Waals surface area contributed by atoms with Gasteiger partial charge in [0, 0.05) is 22.9 Å². The highest BCUT2D eigenvalue weighted by Gasteiger charge is 2.09. The molecule has 106 valence electrons. The van der Waals surface area contributed by atoms with Crippen molar-refractivity contribution in [1.82, 2.24) is 0 Å². The molecule has 0 amide bonds. The second-order valence-corrected chi connectivity index (χ2v) is 5.81. The normalized spacial score (nSPS) is 10.6. The van der Waals surface area contributed by atoms with Gasteiger partial charge in [0.2, 0.25) is 0 Å². The van der Waals surface area contributed by atoms with Gasteiger partial charge in [0.1, 0.15) is 0 Å². The van der Waals surface area contributed by atoms with Crippen LogP contribution in [0.4, 0.5) is 11.4 Å². The van der Waals surface area contributed by atoms with E-state index in [-0.39, 0.29) is 0 Å². The summed E-state index contributed by atoms with van der Waals surface area (Å²) in [6.45, 7) is 2.83. The Balaban J connectivity index is 2.33. The molecule has 0 bridgehead atoms. The van der Waals surface area contributed by atoms with Crippen molar-refractivity contribution < 1.29 is 0 Å². The van der Waals surface area contributed by atoms with Gasteiger partial charge in [-0.05, 0) is 60.8 Å². The Bertz CT molecular complexity index is 564. The smallest absolute Gasteiger partial charge is 0.0441 e. The van der Waals surface area contributed by atoms with Crippen LogP contribution >= 0.6 is 15.9 Å². The Hall–Kier alpha value is -1.32. The molecule has 20 heavy (non-hydrogen) atoms. The molecular weight excluding hydrogens is 312 g/mol. The van der Waals surface area contributed by atoms with E-state index in [0.717, 1.165) is 17.3 Å². The number of nitrogens with two attached hydrogens (primary N) is 1. The van der Waals surface area contributed by atoms with Crippen molar-refractivity contribution in [3.8, 4) is 0 Å². The van der Waals surface area contributed by atoms with Crippen LogP contribution in [0.1, 0.15) is 18.1 Å². The summed E-state index contributed by atoms with van der Waals surface area (Å²) >= 11 is 3.53. The molecule has 2 aromatic carbocycles. The van der Waals surface area contributed by atoms with E-state index < -0.39 is 0 Å². The van der Waals surface area contributed by atoms with Gasteiger partial charge in [-0.15, -0.1) is 0 Å². The first-order valence-corrected chi connectivity index (χ1v) is 7.76. The molecule has 0 radical (unpaired) electrons. The summed E-state index contributed by atoms with van der Waals surface area (Å²) in [6.07, 6.45) is 1.95. The molecule has 2 nitrogen and oxygen atoms in total. The Kier molecular flexibility index (Phi) is 5.21. The third kappa shape index (κ3) is 3.41. The van der Waals surface area contributed by atoms with Crippen LogP contribution in [0.5, 0.6) is 0 Å². The van der Waals surface area contributed by atoms with Gasteiger partial charge in [0.25, 0.3) is 0 Å². The highest BCUT2D eigenvalue weighted by molar-refractivity contribution is 9.10. The molecule has 0 aromatic heterocycles. The first-order valence-electron chi connectivity index (χ1n) is 6.97. The molecule has 2 aromatic rings. The molecule has 0 saturated heterocycles. The van der Waals surface area contributed by atoms with Gasteiger partial charge in [-0.2, -0.15) is 0 Å². The number of hydrogen-bond acceptors (Lipinski definition) is 2. The summed E-state index contributed by atoms with van der Waals surface area (Å²) in [5, 5.41) is 0. The molecule has 0 aliphatic rings. The number of nitrogens with zero attached hydrogens (tertiary/aromatic N) is 1. The third-order valence-corrected chi connectivity index (χ3v) is 4.04. The number of anilines is 2. The van der Waals surface area contributed by atoms with Crippen LogP contribution in [0, 0.1) is 0 Å². The van der Waals surface area contributed by atoms with Crippen LogP contribution in [0.25, 0.3) is 0 Å². The summed E-state index contributed by atoms with van der Waals surface area (Å²) in [6, 6.07) is 15.1. The second-order valence-electron chi connectivity index (χ2n) is 4.89. The first kappa shape index (κ1) is 15.1. The molecule has 0 unspecified atom stereocenters. The monoisotopic (exact) mass is 332 g/mol. The minimum atomic E-state index is 0.659. The van der Waals surface area contributed by atoms with Crippen LogP contribution < -0.4 is 10.6 Å². The van der Waals surface area contributed by atoms with E-state index in [4.69, 9.17) is 5.73 Å². The lowest BCUT2D eigenvalue weighted by molar-refractivity contribution is 0.959. The maximum atomic E-state index is 5.72. The number of benzene rings is 2.